The Kier molecular flexibility index (Phi) is 5.98. The van der Waals surface area contributed by atoms with E-state index in [9.17, 15) is 4.79 Å². The number of hydrogen-bond donors (Lipinski definition) is 2. The number of benzene rings is 1. The monoisotopic (exact) mass is 321 g/mol. The highest BCUT2D eigenvalue weighted by Crippen LogP contribution is 2.18. The topological polar surface area (TPSA) is 67.2 Å². The van der Waals surface area contributed by atoms with Crippen LogP contribution in [0.15, 0.2) is 41.0 Å². The molecule has 6 heteroatoms. The maximum Gasteiger partial charge on any atom is 0.226 e. The number of nitrogens with one attached hydrogen (secondary N) is 2. The summed E-state index contributed by atoms with van der Waals surface area (Å²) in [4.78, 5) is 16.5. The minimum atomic E-state index is 0. The zero-order valence-electron chi connectivity index (χ0n) is 12.2. The van der Waals surface area contributed by atoms with Crippen LogP contribution >= 0.6 is 12.4 Å². The SMILES string of the molecule is Cl.O=C(NCc1coc(-c2ccccc2)n1)C1CCNCC1. The summed E-state index contributed by atoms with van der Waals surface area (Å²) in [5, 5.41) is 6.20. The Labute approximate surface area is 135 Å². The fourth-order valence-corrected chi connectivity index (χ4v) is 2.51. The molecule has 0 spiro atoms. The molecule has 2 N–H and O–H groups in total. The predicted octanol–water partition coefficient (Wildman–Crippen LogP) is 2.38. The lowest BCUT2D eigenvalue weighted by Gasteiger charge is -2.21. The summed E-state index contributed by atoms with van der Waals surface area (Å²) in [6, 6.07) is 9.73. The largest absolute Gasteiger partial charge is 0.444 e. The van der Waals surface area contributed by atoms with E-state index in [0.29, 0.717) is 12.4 Å². The molecule has 3 rings (SSSR count). The average molecular weight is 322 g/mol. The number of piperidine rings is 1. The molecule has 2 aromatic rings. The predicted molar refractivity (Wildman–Crippen MR) is 86.6 cm³/mol. The van der Waals surface area contributed by atoms with Gasteiger partial charge >= 0.3 is 0 Å². The van der Waals surface area contributed by atoms with Crippen LogP contribution in [0.25, 0.3) is 11.5 Å². The van der Waals surface area contributed by atoms with Gasteiger partial charge in [-0.1, -0.05) is 18.2 Å². The summed E-state index contributed by atoms with van der Waals surface area (Å²) in [5.74, 6) is 0.814. The molecule has 0 atom stereocenters. The molecule has 2 heterocycles. The first kappa shape index (κ1) is 16.5. The Morgan fingerprint density at radius 1 is 1.27 bits per heavy atom. The van der Waals surface area contributed by atoms with Crippen LogP contribution in [0.2, 0.25) is 0 Å². The normalized spacial score (nSPS) is 15.1. The lowest BCUT2D eigenvalue weighted by molar-refractivity contribution is -0.125. The van der Waals surface area contributed by atoms with Crippen molar-refractivity contribution >= 4 is 18.3 Å². The number of nitrogens with zero attached hydrogens (tertiary/aromatic N) is 1. The van der Waals surface area contributed by atoms with Gasteiger partial charge in [-0.2, -0.15) is 0 Å². The van der Waals surface area contributed by atoms with Gasteiger partial charge in [0, 0.05) is 11.5 Å². The molecular weight excluding hydrogens is 302 g/mol. The van der Waals surface area contributed by atoms with Crippen molar-refractivity contribution in [2.75, 3.05) is 13.1 Å². The van der Waals surface area contributed by atoms with Gasteiger partial charge in [-0.3, -0.25) is 4.79 Å². The van der Waals surface area contributed by atoms with Crippen molar-refractivity contribution in [2.45, 2.75) is 19.4 Å². The Bertz CT molecular complexity index is 594. The lowest BCUT2D eigenvalue weighted by atomic mass is 9.97. The second-order valence-corrected chi connectivity index (χ2v) is 5.25. The van der Waals surface area contributed by atoms with Gasteiger partial charge in [0.05, 0.1) is 12.2 Å². The number of carbonyl (C=O) groups is 1. The molecule has 118 valence electrons. The molecule has 0 unspecified atom stereocenters. The highest BCUT2D eigenvalue weighted by Gasteiger charge is 2.20. The first-order chi connectivity index (χ1) is 10.3. The summed E-state index contributed by atoms with van der Waals surface area (Å²) in [6.45, 7) is 2.25. The van der Waals surface area contributed by atoms with E-state index in [4.69, 9.17) is 4.42 Å². The number of aromatic nitrogens is 1. The third-order valence-corrected chi connectivity index (χ3v) is 3.73. The maximum absolute atomic E-state index is 12.1. The van der Waals surface area contributed by atoms with E-state index in [1.54, 1.807) is 6.26 Å². The number of halogens is 1. The van der Waals surface area contributed by atoms with Gasteiger partial charge in [0.25, 0.3) is 0 Å². The molecule has 1 aliphatic heterocycles. The summed E-state index contributed by atoms with van der Waals surface area (Å²) in [5.41, 5.74) is 1.68. The van der Waals surface area contributed by atoms with Crippen molar-refractivity contribution in [1.29, 1.82) is 0 Å². The van der Waals surface area contributed by atoms with Crippen LogP contribution in [0.4, 0.5) is 0 Å². The quantitative estimate of drug-likeness (QED) is 0.907. The van der Waals surface area contributed by atoms with Crippen molar-refractivity contribution in [3.8, 4) is 11.5 Å². The van der Waals surface area contributed by atoms with Crippen molar-refractivity contribution in [3.05, 3.63) is 42.3 Å². The minimum absolute atomic E-state index is 0. The lowest BCUT2D eigenvalue weighted by Crippen LogP contribution is -2.37. The summed E-state index contributed by atoms with van der Waals surface area (Å²) in [7, 11) is 0. The minimum Gasteiger partial charge on any atom is -0.444 e. The van der Waals surface area contributed by atoms with E-state index in [2.05, 4.69) is 15.6 Å². The zero-order chi connectivity index (χ0) is 14.5. The fourth-order valence-electron chi connectivity index (χ4n) is 2.51. The molecular formula is C16H20ClN3O2. The molecule has 0 saturated carbocycles. The van der Waals surface area contributed by atoms with Crippen LogP contribution < -0.4 is 10.6 Å². The molecule has 5 nitrogen and oxygen atoms in total. The highest BCUT2D eigenvalue weighted by atomic mass is 35.5. The fraction of sp³-hybridized carbons (Fsp3) is 0.375. The molecule has 1 saturated heterocycles. The zero-order valence-corrected chi connectivity index (χ0v) is 13.1. The van der Waals surface area contributed by atoms with Crippen molar-refractivity contribution in [1.82, 2.24) is 15.6 Å². The van der Waals surface area contributed by atoms with Crippen LogP contribution in [0, 0.1) is 5.92 Å². The van der Waals surface area contributed by atoms with E-state index < -0.39 is 0 Å². The third-order valence-electron chi connectivity index (χ3n) is 3.73. The molecule has 1 aromatic carbocycles. The number of rotatable bonds is 4. The second kappa shape index (κ2) is 7.96. The first-order valence-corrected chi connectivity index (χ1v) is 7.31. The first-order valence-electron chi connectivity index (χ1n) is 7.31. The van der Waals surface area contributed by atoms with Crippen molar-refractivity contribution < 1.29 is 9.21 Å². The van der Waals surface area contributed by atoms with Gasteiger partial charge in [0.2, 0.25) is 11.8 Å². The standard InChI is InChI=1S/C16H19N3O2.ClH/c20-15(12-6-8-17-9-7-12)18-10-14-11-21-16(19-14)13-4-2-1-3-5-13;/h1-5,11-12,17H,6-10H2,(H,18,20);1H. The molecule has 0 bridgehead atoms. The molecule has 1 amide bonds. The Morgan fingerprint density at radius 3 is 2.73 bits per heavy atom. The van der Waals surface area contributed by atoms with E-state index in [-0.39, 0.29) is 24.2 Å². The van der Waals surface area contributed by atoms with Gasteiger partial charge in [0.1, 0.15) is 6.26 Å². The number of amides is 1. The van der Waals surface area contributed by atoms with E-state index >= 15 is 0 Å². The molecule has 1 aromatic heterocycles. The second-order valence-electron chi connectivity index (χ2n) is 5.25. The van der Waals surface area contributed by atoms with Gasteiger partial charge in [-0.25, -0.2) is 4.98 Å². The van der Waals surface area contributed by atoms with E-state index in [0.717, 1.165) is 37.2 Å². The molecule has 22 heavy (non-hydrogen) atoms. The van der Waals surface area contributed by atoms with Gasteiger partial charge in [-0.15, -0.1) is 12.4 Å². The maximum atomic E-state index is 12.1. The molecule has 1 fully saturated rings. The Morgan fingerprint density at radius 2 is 2.00 bits per heavy atom. The molecule has 0 aliphatic carbocycles. The van der Waals surface area contributed by atoms with E-state index in [1.807, 2.05) is 30.3 Å². The van der Waals surface area contributed by atoms with Crippen LogP contribution in [0.3, 0.4) is 0 Å². The van der Waals surface area contributed by atoms with Gasteiger partial charge < -0.3 is 15.1 Å². The molecule has 0 radical (unpaired) electrons. The number of carbonyl (C=O) groups excluding carboxylic acids is 1. The number of hydrogen-bond acceptors (Lipinski definition) is 4. The van der Waals surface area contributed by atoms with Crippen molar-refractivity contribution in [3.63, 3.8) is 0 Å². The van der Waals surface area contributed by atoms with Crippen LogP contribution in [0.5, 0.6) is 0 Å². The smallest absolute Gasteiger partial charge is 0.226 e. The highest BCUT2D eigenvalue weighted by molar-refractivity contribution is 5.85. The van der Waals surface area contributed by atoms with Crippen LogP contribution in [0.1, 0.15) is 18.5 Å². The molecule has 1 aliphatic rings. The summed E-state index contributed by atoms with van der Waals surface area (Å²) >= 11 is 0. The Hall–Kier alpha value is -1.85. The summed E-state index contributed by atoms with van der Waals surface area (Å²) in [6.07, 6.45) is 3.41. The average Bonchev–Trinajstić information content (AvgIpc) is 3.03. The third kappa shape index (κ3) is 4.08. The van der Waals surface area contributed by atoms with Crippen molar-refractivity contribution in [2.24, 2.45) is 5.92 Å². The summed E-state index contributed by atoms with van der Waals surface area (Å²) < 4.78 is 5.46. The van der Waals surface area contributed by atoms with E-state index in [1.165, 1.54) is 0 Å². The van der Waals surface area contributed by atoms with Gasteiger partial charge in [0.15, 0.2) is 0 Å². The van der Waals surface area contributed by atoms with Crippen LogP contribution in [-0.4, -0.2) is 24.0 Å². The van der Waals surface area contributed by atoms with Gasteiger partial charge in [-0.05, 0) is 38.1 Å². The Balaban J connectivity index is 0.00000176. The van der Waals surface area contributed by atoms with Crippen LogP contribution in [-0.2, 0) is 11.3 Å². The number of oxazole rings is 1.